The van der Waals surface area contributed by atoms with Crippen LogP contribution in [0.1, 0.15) is 49.3 Å². The average molecular weight is 348 g/mol. The van der Waals surface area contributed by atoms with E-state index in [4.69, 9.17) is 0 Å². The van der Waals surface area contributed by atoms with Crippen molar-refractivity contribution in [2.45, 2.75) is 33.2 Å². The molecule has 1 aliphatic heterocycles. The summed E-state index contributed by atoms with van der Waals surface area (Å²) in [6.07, 6.45) is 5.53. The van der Waals surface area contributed by atoms with Gasteiger partial charge in [-0.25, -0.2) is 5.43 Å². The number of benzene rings is 1. The third-order valence-corrected chi connectivity index (χ3v) is 4.60. The molecule has 26 heavy (non-hydrogen) atoms. The Balaban J connectivity index is 1.79. The lowest BCUT2D eigenvalue weighted by atomic mass is 9.88. The Morgan fingerprint density at radius 3 is 2.81 bits per heavy atom. The molecule has 5 nitrogen and oxygen atoms in total. The Morgan fingerprint density at radius 1 is 1.31 bits per heavy atom. The quantitative estimate of drug-likeness (QED) is 0.674. The summed E-state index contributed by atoms with van der Waals surface area (Å²) < 4.78 is 0. The number of anilines is 1. The maximum atomic E-state index is 12.0. The number of hydrogen-bond donors (Lipinski definition) is 1. The summed E-state index contributed by atoms with van der Waals surface area (Å²) in [6, 6.07) is 11.4. The number of likely N-dealkylation sites (N-methyl/N-ethyl adjacent to an activating group) is 1. The van der Waals surface area contributed by atoms with Gasteiger partial charge in [-0.15, -0.1) is 0 Å². The number of pyridine rings is 1. The van der Waals surface area contributed by atoms with Gasteiger partial charge in [0.15, 0.2) is 0 Å². The molecule has 0 radical (unpaired) electrons. The molecule has 134 valence electrons. The highest BCUT2D eigenvalue weighted by molar-refractivity contribution is 5.93. The molecule has 0 bridgehead atoms. The van der Waals surface area contributed by atoms with E-state index in [2.05, 4.69) is 66.3 Å². The van der Waals surface area contributed by atoms with Crippen LogP contribution in [0.25, 0.3) is 5.57 Å². The molecule has 1 amide bonds. The third kappa shape index (κ3) is 3.52. The van der Waals surface area contributed by atoms with Crippen molar-refractivity contribution in [3.63, 3.8) is 0 Å². The minimum Gasteiger partial charge on any atom is -0.363 e. The first kappa shape index (κ1) is 17.9. The molecule has 0 saturated heterocycles. The van der Waals surface area contributed by atoms with E-state index in [0.717, 1.165) is 12.1 Å². The second-order valence-electron chi connectivity index (χ2n) is 6.92. The van der Waals surface area contributed by atoms with Gasteiger partial charge in [-0.2, -0.15) is 5.10 Å². The highest BCUT2D eigenvalue weighted by atomic mass is 16.2. The number of hydrazone groups is 1. The van der Waals surface area contributed by atoms with E-state index >= 15 is 0 Å². The van der Waals surface area contributed by atoms with Gasteiger partial charge in [0.1, 0.15) is 5.69 Å². The number of amides is 1. The maximum Gasteiger partial charge on any atom is 0.289 e. The lowest BCUT2D eigenvalue weighted by molar-refractivity contribution is 0.0950. The van der Waals surface area contributed by atoms with Crippen LogP contribution in [0.2, 0.25) is 0 Å². The van der Waals surface area contributed by atoms with Gasteiger partial charge in [-0.05, 0) is 63.1 Å². The zero-order valence-electron chi connectivity index (χ0n) is 15.7. The molecule has 0 atom stereocenters. The largest absolute Gasteiger partial charge is 0.363 e. The number of nitrogens with zero attached hydrogens (tertiary/aromatic N) is 3. The topological polar surface area (TPSA) is 57.6 Å². The van der Waals surface area contributed by atoms with Gasteiger partial charge in [-0.3, -0.25) is 9.78 Å². The Labute approximate surface area is 154 Å². The lowest BCUT2D eigenvalue weighted by Crippen LogP contribution is -2.44. The zero-order valence-corrected chi connectivity index (χ0v) is 15.7. The molecule has 1 N–H and O–H groups in total. The smallest absolute Gasteiger partial charge is 0.289 e. The number of hydrogen-bond acceptors (Lipinski definition) is 4. The van der Waals surface area contributed by atoms with Crippen molar-refractivity contribution in [1.29, 1.82) is 0 Å². The predicted octanol–water partition coefficient (Wildman–Crippen LogP) is 3.87. The molecule has 0 unspecified atom stereocenters. The number of carbonyl (C=O) groups is 1. The summed E-state index contributed by atoms with van der Waals surface area (Å²) in [4.78, 5) is 18.4. The average Bonchev–Trinajstić information content (AvgIpc) is 2.62. The standard InChI is InChI=1S/C21H24N4O/c1-5-25-19-10-9-16(12-17(19)15(2)13-21(25,3)4)14-23-24-20(26)18-8-6-7-11-22-18/h6-14H,5H2,1-4H3,(H,24,26)/b23-14-. The molecule has 2 aromatic rings. The molecule has 5 heteroatoms. The molecule has 0 aliphatic carbocycles. The van der Waals surface area contributed by atoms with Crippen molar-refractivity contribution in [2.24, 2.45) is 5.10 Å². The zero-order chi connectivity index (χ0) is 18.7. The Morgan fingerprint density at radius 2 is 2.12 bits per heavy atom. The van der Waals surface area contributed by atoms with Crippen LogP contribution in [0.15, 0.2) is 53.8 Å². The summed E-state index contributed by atoms with van der Waals surface area (Å²) in [6.45, 7) is 9.70. The summed E-state index contributed by atoms with van der Waals surface area (Å²) >= 11 is 0. The Bertz CT molecular complexity index is 869. The van der Waals surface area contributed by atoms with Crippen LogP contribution < -0.4 is 10.3 Å². The van der Waals surface area contributed by atoms with E-state index in [-0.39, 0.29) is 11.4 Å². The number of nitrogens with one attached hydrogen (secondary N) is 1. The van der Waals surface area contributed by atoms with Crippen LogP contribution in [-0.4, -0.2) is 29.2 Å². The van der Waals surface area contributed by atoms with Crippen molar-refractivity contribution in [3.8, 4) is 0 Å². The van der Waals surface area contributed by atoms with Gasteiger partial charge in [-0.1, -0.05) is 18.2 Å². The van der Waals surface area contributed by atoms with Gasteiger partial charge in [0.05, 0.1) is 11.8 Å². The predicted molar refractivity (Wildman–Crippen MR) is 106 cm³/mol. The fraction of sp³-hybridized carbons (Fsp3) is 0.286. The van der Waals surface area contributed by atoms with Gasteiger partial charge < -0.3 is 4.90 Å². The van der Waals surface area contributed by atoms with Crippen molar-refractivity contribution in [1.82, 2.24) is 10.4 Å². The molecule has 0 saturated carbocycles. The van der Waals surface area contributed by atoms with Gasteiger partial charge in [0.2, 0.25) is 0 Å². The molecule has 0 spiro atoms. The van der Waals surface area contributed by atoms with Gasteiger partial charge in [0.25, 0.3) is 5.91 Å². The first-order valence-corrected chi connectivity index (χ1v) is 8.78. The van der Waals surface area contributed by atoms with Gasteiger partial charge in [0, 0.05) is 24.0 Å². The monoisotopic (exact) mass is 348 g/mol. The van der Waals surface area contributed by atoms with Crippen LogP contribution in [-0.2, 0) is 0 Å². The number of carbonyl (C=O) groups excluding carboxylic acids is 1. The first-order chi connectivity index (χ1) is 12.4. The second-order valence-corrected chi connectivity index (χ2v) is 6.92. The SMILES string of the molecule is CCN1c2ccc(/C=N\NC(=O)c3ccccn3)cc2C(C)=CC1(C)C. The van der Waals surface area contributed by atoms with E-state index in [1.54, 1.807) is 30.6 Å². The fourth-order valence-electron chi connectivity index (χ4n) is 3.48. The summed E-state index contributed by atoms with van der Waals surface area (Å²) in [5, 5.41) is 4.06. The third-order valence-electron chi connectivity index (χ3n) is 4.60. The molecule has 1 aromatic heterocycles. The molecule has 1 aromatic carbocycles. The van der Waals surface area contributed by atoms with E-state index in [1.807, 2.05) is 6.07 Å². The number of aromatic nitrogens is 1. The number of rotatable bonds is 4. The molecule has 2 heterocycles. The molecule has 3 rings (SSSR count). The van der Waals surface area contributed by atoms with Gasteiger partial charge >= 0.3 is 0 Å². The molecular formula is C21H24N4O. The molecular weight excluding hydrogens is 324 g/mol. The maximum absolute atomic E-state index is 12.0. The van der Waals surface area contributed by atoms with Crippen LogP contribution in [0, 0.1) is 0 Å². The van der Waals surface area contributed by atoms with E-state index in [9.17, 15) is 4.79 Å². The second kappa shape index (κ2) is 7.12. The minimum atomic E-state index is -0.324. The van der Waals surface area contributed by atoms with Crippen molar-refractivity contribution >= 4 is 23.4 Å². The summed E-state index contributed by atoms with van der Waals surface area (Å²) in [7, 11) is 0. The normalized spacial score (nSPS) is 15.5. The first-order valence-electron chi connectivity index (χ1n) is 8.78. The minimum absolute atomic E-state index is 0.00189. The van der Waals surface area contributed by atoms with Crippen molar-refractivity contribution in [2.75, 3.05) is 11.4 Å². The van der Waals surface area contributed by atoms with E-state index < -0.39 is 0 Å². The highest BCUT2D eigenvalue weighted by Gasteiger charge is 2.29. The van der Waals surface area contributed by atoms with E-state index in [1.165, 1.54) is 16.8 Å². The Kier molecular flexibility index (Phi) is 4.89. The Hall–Kier alpha value is -2.95. The summed E-state index contributed by atoms with van der Waals surface area (Å²) in [5.74, 6) is -0.324. The van der Waals surface area contributed by atoms with Crippen LogP contribution in [0.3, 0.4) is 0 Å². The molecule has 1 aliphatic rings. The van der Waals surface area contributed by atoms with Crippen LogP contribution in [0.4, 0.5) is 5.69 Å². The summed E-state index contributed by atoms with van der Waals surface area (Å²) in [5.41, 5.74) is 7.47. The number of fused-ring (bicyclic) bond motifs is 1. The van der Waals surface area contributed by atoms with Crippen LogP contribution >= 0.6 is 0 Å². The number of allylic oxidation sites excluding steroid dienone is 1. The highest BCUT2D eigenvalue weighted by Crippen LogP contribution is 2.38. The lowest BCUT2D eigenvalue weighted by Gasteiger charge is -2.42. The van der Waals surface area contributed by atoms with Crippen LogP contribution in [0.5, 0.6) is 0 Å². The van der Waals surface area contributed by atoms with Crippen molar-refractivity contribution in [3.05, 3.63) is 65.5 Å². The van der Waals surface area contributed by atoms with Crippen molar-refractivity contribution < 1.29 is 4.79 Å². The fourth-order valence-corrected chi connectivity index (χ4v) is 3.48. The molecule has 0 fully saturated rings. The van der Waals surface area contributed by atoms with E-state index in [0.29, 0.717) is 5.69 Å².